The Hall–Kier alpha value is -0.0800. The van der Waals surface area contributed by atoms with E-state index in [0.29, 0.717) is 0 Å². The minimum absolute atomic E-state index is 0.748. The molecular weight excluding hydrogens is 222 g/mol. The number of hydrogen-bond acceptors (Lipinski definition) is 2. The van der Waals surface area contributed by atoms with Gasteiger partial charge in [-0.15, -0.1) is 0 Å². The van der Waals surface area contributed by atoms with Gasteiger partial charge in [-0.1, -0.05) is 26.7 Å². The predicted molar refractivity (Wildman–Crippen MR) is 76.7 cm³/mol. The molecule has 0 aromatic rings. The van der Waals surface area contributed by atoms with Crippen molar-refractivity contribution in [3.63, 3.8) is 0 Å². The summed E-state index contributed by atoms with van der Waals surface area (Å²) in [4.78, 5) is 0. The minimum atomic E-state index is 0.748. The van der Waals surface area contributed by atoms with Crippen molar-refractivity contribution in [2.45, 2.75) is 52.4 Å². The molecule has 2 aliphatic carbocycles. The minimum Gasteiger partial charge on any atom is -0.383 e. The van der Waals surface area contributed by atoms with Gasteiger partial charge in [0, 0.05) is 13.7 Å². The standard InChI is InChI=1S/C16H31NO/c1-13(2)9-14-5-4-6-16(10-14)11-15(16)12-17-7-8-18-3/h13-15,17H,4-12H2,1-3H3. The Morgan fingerprint density at radius 2 is 2.17 bits per heavy atom. The highest BCUT2D eigenvalue weighted by Gasteiger charge is 2.54. The molecule has 1 N–H and O–H groups in total. The van der Waals surface area contributed by atoms with Crippen LogP contribution in [-0.2, 0) is 4.74 Å². The van der Waals surface area contributed by atoms with E-state index in [1.165, 1.54) is 45.1 Å². The first-order valence-electron chi connectivity index (χ1n) is 7.86. The number of methoxy groups -OCH3 is 1. The first-order valence-corrected chi connectivity index (χ1v) is 7.86. The van der Waals surface area contributed by atoms with Crippen molar-refractivity contribution in [2.75, 3.05) is 26.8 Å². The van der Waals surface area contributed by atoms with Gasteiger partial charge in [-0.3, -0.25) is 0 Å². The van der Waals surface area contributed by atoms with Crippen LogP contribution in [0.3, 0.4) is 0 Å². The van der Waals surface area contributed by atoms with Crippen molar-refractivity contribution in [3.8, 4) is 0 Å². The van der Waals surface area contributed by atoms with Gasteiger partial charge in [-0.05, 0) is 55.4 Å². The van der Waals surface area contributed by atoms with Crippen LogP contribution < -0.4 is 5.32 Å². The van der Waals surface area contributed by atoms with Crippen molar-refractivity contribution in [1.29, 1.82) is 0 Å². The molecule has 0 saturated heterocycles. The van der Waals surface area contributed by atoms with Crippen molar-refractivity contribution in [1.82, 2.24) is 5.32 Å². The van der Waals surface area contributed by atoms with Crippen LogP contribution in [-0.4, -0.2) is 26.8 Å². The lowest BCUT2D eigenvalue weighted by Gasteiger charge is -2.31. The summed E-state index contributed by atoms with van der Waals surface area (Å²) in [6, 6.07) is 0. The normalized spacial score (nSPS) is 35.3. The second kappa shape index (κ2) is 6.38. The molecule has 0 heterocycles. The lowest BCUT2D eigenvalue weighted by molar-refractivity contribution is 0.191. The zero-order valence-corrected chi connectivity index (χ0v) is 12.5. The maximum Gasteiger partial charge on any atom is 0.0587 e. The number of rotatable bonds is 7. The molecule has 2 fully saturated rings. The van der Waals surface area contributed by atoms with E-state index in [1.807, 2.05) is 0 Å². The highest BCUT2D eigenvalue weighted by molar-refractivity contribution is 5.05. The SMILES string of the molecule is COCCNCC1CC12CCCC(CC(C)C)C2. The maximum atomic E-state index is 5.08. The van der Waals surface area contributed by atoms with Crippen LogP contribution in [0, 0.1) is 23.2 Å². The van der Waals surface area contributed by atoms with Gasteiger partial charge in [0.2, 0.25) is 0 Å². The fourth-order valence-electron chi connectivity index (χ4n) is 4.12. The molecule has 0 aromatic heterocycles. The van der Waals surface area contributed by atoms with Gasteiger partial charge in [-0.25, -0.2) is 0 Å². The Balaban J connectivity index is 1.69. The summed E-state index contributed by atoms with van der Waals surface area (Å²) >= 11 is 0. The Kier molecular flexibility index (Phi) is 5.08. The molecule has 1 spiro atoms. The first kappa shape index (κ1) is 14.3. The van der Waals surface area contributed by atoms with Gasteiger partial charge in [0.25, 0.3) is 0 Å². The summed E-state index contributed by atoms with van der Waals surface area (Å²) in [7, 11) is 1.78. The summed E-state index contributed by atoms with van der Waals surface area (Å²) in [6.45, 7) is 7.82. The topological polar surface area (TPSA) is 21.3 Å². The molecule has 0 bridgehead atoms. The van der Waals surface area contributed by atoms with Crippen LogP contribution >= 0.6 is 0 Å². The van der Waals surface area contributed by atoms with Gasteiger partial charge in [0.15, 0.2) is 0 Å². The average Bonchev–Trinajstić information content (AvgIpc) is 2.96. The zero-order valence-electron chi connectivity index (χ0n) is 12.5. The molecule has 0 amide bonds. The van der Waals surface area contributed by atoms with Crippen LogP contribution in [0.5, 0.6) is 0 Å². The maximum absolute atomic E-state index is 5.08. The molecular formula is C16H31NO. The molecule has 2 nitrogen and oxygen atoms in total. The van der Waals surface area contributed by atoms with Gasteiger partial charge in [-0.2, -0.15) is 0 Å². The second-order valence-electron chi connectivity index (χ2n) is 7.05. The highest BCUT2D eigenvalue weighted by Crippen LogP contribution is 2.62. The third-order valence-corrected chi connectivity index (χ3v) is 5.02. The van der Waals surface area contributed by atoms with E-state index in [4.69, 9.17) is 4.74 Å². The van der Waals surface area contributed by atoms with E-state index in [1.54, 1.807) is 7.11 Å². The van der Waals surface area contributed by atoms with E-state index < -0.39 is 0 Å². The average molecular weight is 253 g/mol. The van der Waals surface area contributed by atoms with E-state index in [0.717, 1.165) is 36.3 Å². The summed E-state index contributed by atoms with van der Waals surface area (Å²) in [6.07, 6.45) is 8.92. The Morgan fingerprint density at radius 3 is 2.89 bits per heavy atom. The molecule has 0 aliphatic heterocycles. The van der Waals surface area contributed by atoms with Crippen LogP contribution in [0.1, 0.15) is 52.4 Å². The van der Waals surface area contributed by atoms with Crippen LogP contribution in [0.15, 0.2) is 0 Å². The van der Waals surface area contributed by atoms with E-state index in [9.17, 15) is 0 Å². The summed E-state index contributed by atoms with van der Waals surface area (Å²) in [5, 5.41) is 3.55. The number of ether oxygens (including phenoxy) is 1. The van der Waals surface area contributed by atoms with Crippen LogP contribution in [0.4, 0.5) is 0 Å². The van der Waals surface area contributed by atoms with E-state index >= 15 is 0 Å². The fourth-order valence-corrected chi connectivity index (χ4v) is 4.12. The lowest BCUT2D eigenvalue weighted by atomic mass is 9.75. The lowest BCUT2D eigenvalue weighted by Crippen LogP contribution is -2.26. The summed E-state index contributed by atoms with van der Waals surface area (Å²) in [5.41, 5.74) is 0.748. The zero-order chi connectivity index (χ0) is 13.0. The molecule has 2 saturated carbocycles. The second-order valence-corrected chi connectivity index (χ2v) is 7.05. The Bertz CT molecular complexity index is 253. The van der Waals surface area contributed by atoms with Gasteiger partial charge >= 0.3 is 0 Å². The van der Waals surface area contributed by atoms with Crippen molar-refractivity contribution in [2.24, 2.45) is 23.2 Å². The van der Waals surface area contributed by atoms with Crippen LogP contribution in [0.2, 0.25) is 0 Å². The summed E-state index contributed by atoms with van der Waals surface area (Å²) in [5.74, 6) is 2.86. The Morgan fingerprint density at radius 1 is 1.33 bits per heavy atom. The molecule has 2 heteroatoms. The first-order chi connectivity index (χ1) is 8.66. The van der Waals surface area contributed by atoms with Gasteiger partial charge < -0.3 is 10.1 Å². The third-order valence-electron chi connectivity index (χ3n) is 5.02. The molecule has 18 heavy (non-hydrogen) atoms. The molecule has 3 atom stereocenters. The molecule has 2 aliphatic rings. The number of nitrogens with one attached hydrogen (secondary N) is 1. The molecule has 0 radical (unpaired) electrons. The van der Waals surface area contributed by atoms with Crippen molar-refractivity contribution < 1.29 is 4.74 Å². The third kappa shape index (κ3) is 3.71. The molecule has 0 aromatic carbocycles. The smallest absolute Gasteiger partial charge is 0.0587 e. The largest absolute Gasteiger partial charge is 0.383 e. The monoisotopic (exact) mass is 253 g/mol. The highest BCUT2D eigenvalue weighted by atomic mass is 16.5. The number of hydrogen-bond donors (Lipinski definition) is 1. The van der Waals surface area contributed by atoms with Gasteiger partial charge in [0.1, 0.15) is 0 Å². The molecule has 2 rings (SSSR count). The molecule has 3 unspecified atom stereocenters. The summed E-state index contributed by atoms with van der Waals surface area (Å²) < 4.78 is 5.08. The van der Waals surface area contributed by atoms with Crippen LogP contribution in [0.25, 0.3) is 0 Å². The van der Waals surface area contributed by atoms with E-state index in [-0.39, 0.29) is 0 Å². The van der Waals surface area contributed by atoms with Gasteiger partial charge in [0.05, 0.1) is 6.61 Å². The van der Waals surface area contributed by atoms with Crippen molar-refractivity contribution >= 4 is 0 Å². The van der Waals surface area contributed by atoms with Crippen molar-refractivity contribution in [3.05, 3.63) is 0 Å². The predicted octanol–water partition coefficient (Wildman–Crippen LogP) is 3.47. The fraction of sp³-hybridized carbons (Fsp3) is 1.00. The molecule has 106 valence electrons. The quantitative estimate of drug-likeness (QED) is 0.702. The Labute approximate surface area is 113 Å². The van der Waals surface area contributed by atoms with E-state index in [2.05, 4.69) is 19.2 Å².